The molecule has 18 heavy (non-hydrogen) atoms. The van der Waals surface area contributed by atoms with Crippen molar-refractivity contribution in [2.45, 2.75) is 6.61 Å². The molecule has 0 spiro atoms. The zero-order valence-electron chi connectivity index (χ0n) is 9.02. The number of benzene rings is 1. The van der Waals surface area contributed by atoms with E-state index in [0.29, 0.717) is 5.75 Å². The maximum absolute atomic E-state index is 13.3. The number of hydrogen-bond acceptors (Lipinski definition) is 3. The molecule has 0 atom stereocenters. The van der Waals surface area contributed by atoms with E-state index in [1.807, 2.05) is 0 Å². The van der Waals surface area contributed by atoms with Gasteiger partial charge < -0.3 is 9.84 Å². The van der Waals surface area contributed by atoms with Crippen LogP contribution in [0.4, 0.5) is 8.78 Å². The Labute approximate surface area is 105 Å². The molecule has 1 N–H and O–H groups in total. The number of hydrogen-bond donors (Lipinski definition) is 1. The minimum absolute atomic E-state index is 0.0814. The highest BCUT2D eigenvalue weighted by atomic mass is 32.1. The van der Waals surface area contributed by atoms with Crippen molar-refractivity contribution >= 4 is 17.3 Å². The first-order chi connectivity index (χ1) is 8.56. The maximum atomic E-state index is 13.3. The lowest BCUT2D eigenvalue weighted by molar-refractivity contribution is 0.0702. The summed E-state index contributed by atoms with van der Waals surface area (Å²) in [5.74, 6) is -2.03. The number of carbonyl (C=O) groups is 1. The summed E-state index contributed by atoms with van der Waals surface area (Å²) in [6.07, 6.45) is 0. The first kappa shape index (κ1) is 12.5. The summed E-state index contributed by atoms with van der Waals surface area (Å²) in [5, 5.41) is 10.2. The predicted octanol–water partition coefficient (Wildman–Crippen LogP) is 3.30. The molecule has 0 aliphatic heterocycles. The molecule has 1 heterocycles. The van der Waals surface area contributed by atoms with Crippen molar-refractivity contribution in [3.8, 4) is 5.75 Å². The smallest absolute Gasteiger partial charge is 0.346 e. The van der Waals surface area contributed by atoms with E-state index in [-0.39, 0.29) is 17.0 Å². The summed E-state index contributed by atoms with van der Waals surface area (Å²) in [7, 11) is 0. The van der Waals surface area contributed by atoms with Crippen LogP contribution in [0.2, 0.25) is 0 Å². The molecular formula is C12H8F2O3S. The largest absolute Gasteiger partial charge is 0.488 e. The van der Waals surface area contributed by atoms with Crippen LogP contribution in [0.5, 0.6) is 5.75 Å². The Balaban J connectivity index is 2.04. The Bertz CT molecular complexity index is 580. The Morgan fingerprint density at radius 3 is 2.72 bits per heavy atom. The molecule has 0 aliphatic rings. The molecule has 0 radical (unpaired) electrons. The fourth-order valence-electron chi connectivity index (χ4n) is 1.31. The lowest BCUT2D eigenvalue weighted by Gasteiger charge is -2.04. The molecule has 0 aliphatic carbocycles. The lowest BCUT2D eigenvalue weighted by atomic mass is 10.2. The monoisotopic (exact) mass is 270 g/mol. The second kappa shape index (κ2) is 5.14. The third kappa shape index (κ3) is 2.84. The molecule has 0 amide bonds. The average molecular weight is 270 g/mol. The normalized spacial score (nSPS) is 10.3. The molecule has 0 unspecified atom stereocenters. The van der Waals surface area contributed by atoms with E-state index in [1.54, 1.807) is 0 Å². The second-order valence-corrected chi connectivity index (χ2v) is 4.39. The third-order valence-electron chi connectivity index (χ3n) is 2.20. The number of rotatable bonds is 4. The Hall–Kier alpha value is -1.95. The summed E-state index contributed by atoms with van der Waals surface area (Å²) in [6.45, 7) is -0.0814. The van der Waals surface area contributed by atoms with Gasteiger partial charge in [-0.05, 0) is 12.1 Å². The van der Waals surface area contributed by atoms with Gasteiger partial charge in [0.25, 0.3) is 0 Å². The molecule has 0 saturated heterocycles. The number of thiophene rings is 1. The van der Waals surface area contributed by atoms with Crippen LogP contribution in [-0.2, 0) is 6.61 Å². The van der Waals surface area contributed by atoms with Crippen LogP contribution in [0.15, 0.2) is 29.6 Å². The summed E-state index contributed by atoms with van der Waals surface area (Å²) in [6, 6.07) is 4.55. The van der Waals surface area contributed by atoms with Crippen molar-refractivity contribution in [1.82, 2.24) is 0 Å². The van der Waals surface area contributed by atoms with Gasteiger partial charge in [-0.1, -0.05) is 0 Å². The van der Waals surface area contributed by atoms with Crippen LogP contribution < -0.4 is 4.74 Å². The van der Waals surface area contributed by atoms with E-state index in [2.05, 4.69) is 0 Å². The van der Waals surface area contributed by atoms with Crippen molar-refractivity contribution in [2.75, 3.05) is 0 Å². The Kier molecular flexibility index (Phi) is 3.57. The first-order valence-electron chi connectivity index (χ1n) is 4.95. The topological polar surface area (TPSA) is 46.5 Å². The lowest BCUT2D eigenvalue weighted by Crippen LogP contribution is -1.98. The summed E-state index contributed by atoms with van der Waals surface area (Å²) < 4.78 is 31.2. The van der Waals surface area contributed by atoms with Crippen LogP contribution >= 0.6 is 11.3 Å². The molecule has 2 aromatic rings. The van der Waals surface area contributed by atoms with Gasteiger partial charge in [-0.25, -0.2) is 13.6 Å². The first-order valence-corrected chi connectivity index (χ1v) is 5.83. The number of ether oxygens (including phenoxy) is 1. The molecular weight excluding hydrogens is 262 g/mol. The zero-order valence-corrected chi connectivity index (χ0v) is 9.84. The molecule has 1 aromatic heterocycles. The summed E-state index contributed by atoms with van der Waals surface area (Å²) >= 11 is 1.02. The number of aromatic carboxylic acids is 1. The van der Waals surface area contributed by atoms with Gasteiger partial charge in [0.15, 0.2) is 0 Å². The van der Waals surface area contributed by atoms with Crippen LogP contribution in [0, 0.1) is 11.6 Å². The van der Waals surface area contributed by atoms with Gasteiger partial charge in [-0.3, -0.25) is 0 Å². The highest BCUT2D eigenvalue weighted by Crippen LogP contribution is 2.23. The van der Waals surface area contributed by atoms with Crippen LogP contribution in [0.25, 0.3) is 0 Å². The van der Waals surface area contributed by atoms with Crippen molar-refractivity contribution in [3.63, 3.8) is 0 Å². The minimum Gasteiger partial charge on any atom is -0.488 e. The third-order valence-corrected chi connectivity index (χ3v) is 3.09. The summed E-state index contributed by atoms with van der Waals surface area (Å²) in [5.41, 5.74) is 0.208. The van der Waals surface area contributed by atoms with Gasteiger partial charge in [0.2, 0.25) is 0 Å². The quantitative estimate of drug-likeness (QED) is 0.927. The second-order valence-electron chi connectivity index (χ2n) is 3.48. The fraction of sp³-hybridized carbons (Fsp3) is 0.0833. The standard InChI is InChI=1S/C12H8F2O3S/c13-8-2-1-7(10(14)3-8)5-17-9-4-11(12(15)16)18-6-9/h1-4,6H,5H2,(H,15,16). The number of carboxylic acid groups (broad SMARTS) is 1. The highest BCUT2D eigenvalue weighted by Gasteiger charge is 2.09. The Morgan fingerprint density at radius 2 is 2.11 bits per heavy atom. The van der Waals surface area contributed by atoms with Gasteiger partial charge in [-0.15, -0.1) is 11.3 Å². The number of carboxylic acids is 1. The van der Waals surface area contributed by atoms with Gasteiger partial charge >= 0.3 is 5.97 Å². The molecule has 6 heteroatoms. The molecule has 1 aromatic carbocycles. The zero-order chi connectivity index (χ0) is 13.1. The van der Waals surface area contributed by atoms with E-state index in [9.17, 15) is 13.6 Å². The van der Waals surface area contributed by atoms with Crippen LogP contribution in [0.1, 0.15) is 15.2 Å². The van der Waals surface area contributed by atoms with Gasteiger partial charge in [0.1, 0.15) is 28.9 Å². The summed E-state index contributed by atoms with van der Waals surface area (Å²) in [4.78, 5) is 10.8. The highest BCUT2D eigenvalue weighted by molar-refractivity contribution is 7.12. The maximum Gasteiger partial charge on any atom is 0.346 e. The molecule has 3 nitrogen and oxygen atoms in total. The van der Waals surface area contributed by atoms with Gasteiger partial charge in [-0.2, -0.15) is 0 Å². The van der Waals surface area contributed by atoms with Gasteiger partial charge in [0, 0.05) is 23.1 Å². The van der Waals surface area contributed by atoms with E-state index < -0.39 is 17.6 Å². The number of halogens is 2. The molecule has 0 saturated carbocycles. The average Bonchev–Trinajstić information content (AvgIpc) is 2.76. The minimum atomic E-state index is -1.04. The molecule has 2 rings (SSSR count). The molecule has 94 valence electrons. The molecule has 0 bridgehead atoms. The van der Waals surface area contributed by atoms with Crippen molar-refractivity contribution < 1.29 is 23.4 Å². The SMILES string of the molecule is O=C(O)c1cc(OCc2ccc(F)cc2F)cs1. The van der Waals surface area contributed by atoms with E-state index in [4.69, 9.17) is 9.84 Å². The predicted molar refractivity (Wildman–Crippen MR) is 62.0 cm³/mol. The molecule has 0 fully saturated rings. The van der Waals surface area contributed by atoms with E-state index in [0.717, 1.165) is 23.5 Å². The van der Waals surface area contributed by atoms with Crippen molar-refractivity contribution in [2.24, 2.45) is 0 Å². The van der Waals surface area contributed by atoms with Crippen LogP contribution in [0.3, 0.4) is 0 Å². The fourth-order valence-corrected chi connectivity index (χ4v) is 1.97. The van der Waals surface area contributed by atoms with Crippen molar-refractivity contribution in [1.29, 1.82) is 0 Å². The Morgan fingerprint density at radius 1 is 1.33 bits per heavy atom. The van der Waals surface area contributed by atoms with E-state index in [1.165, 1.54) is 17.5 Å². The van der Waals surface area contributed by atoms with E-state index >= 15 is 0 Å². The van der Waals surface area contributed by atoms with Gasteiger partial charge in [0.05, 0.1) is 0 Å². The van der Waals surface area contributed by atoms with Crippen molar-refractivity contribution in [3.05, 3.63) is 51.7 Å². The van der Waals surface area contributed by atoms with Crippen LogP contribution in [-0.4, -0.2) is 11.1 Å².